The van der Waals surface area contributed by atoms with E-state index in [1.54, 1.807) is 11.8 Å². The highest BCUT2D eigenvalue weighted by molar-refractivity contribution is 7.97. The summed E-state index contributed by atoms with van der Waals surface area (Å²) in [6.45, 7) is 3.41. The van der Waals surface area contributed by atoms with E-state index in [0.717, 1.165) is 41.9 Å². The third-order valence-electron chi connectivity index (χ3n) is 2.40. The van der Waals surface area contributed by atoms with Crippen LogP contribution in [0.2, 0.25) is 0 Å². The molecule has 0 radical (unpaired) electrons. The molecule has 3 nitrogen and oxygen atoms in total. The minimum atomic E-state index is 0.729. The van der Waals surface area contributed by atoms with E-state index in [1.807, 2.05) is 31.2 Å². The highest BCUT2D eigenvalue weighted by Gasteiger charge is 2.02. The number of nitrogens with one attached hydrogen (secondary N) is 1. The fourth-order valence-corrected chi connectivity index (χ4v) is 2.07. The fourth-order valence-electron chi connectivity index (χ4n) is 1.63. The molecule has 0 saturated carbocycles. The maximum atomic E-state index is 5.65. The van der Waals surface area contributed by atoms with Crippen molar-refractivity contribution in [3.05, 3.63) is 47.3 Å². The Morgan fingerprint density at radius 1 is 1.00 bits per heavy atom. The van der Waals surface area contributed by atoms with Crippen LogP contribution in [-0.2, 0) is 18.8 Å². The van der Waals surface area contributed by atoms with Crippen LogP contribution in [0.4, 0.5) is 0 Å². The van der Waals surface area contributed by atoms with Crippen LogP contribution in [0.15, 0.2) is 33.1 Å². The number of aryl methyl sites for hydroxylation is 1. The standard InChI is InChI=1S/C13H17NO2S/c1-10-3-4-11(15-10)7-14-8-12-5-6-13(16-12)9-17-2/h3-6,14H,7-9H2,1-2H3. The Bertz CT molecular complexity index is 461. The smallest absolute Gasteiger partial charge is 0.118 e. The quantitative estimate of drug-likeness (QED) is 0.854. The molecule has 2 heterocycles. The maximum absolute atomic E-state index is 5.65. The molecule has 2 aromatic heterocycles. The van der Waals surface area contributed by atoms with Crippen LogP contribution in [0.5, 0.6) is 0 Å². The van der Waals surface area contributed by atoms with Gasteiger partial charge in [0, 0.05) is 0 Å². The van der Waals surface area contributed by atoms with Gasteiger partial charge in [0.15, 0.2) is 0 Å². The van der Waals surface area contributed by atoms with Crippen molar-refractivity contribution >= 4 is 11.8 Å². The van der Waals surface area contributed by atoms with Gasteiger partial charge < -0.3 is 14.2 Å². The largest absolute Gasteiger partial charge is 0.465 e. The number of thioether (sulfide) groups is 1. The zero-order valence-electron chi connectivity index (χ0n) is 10.2. The van der Waals surface area contributed by atoms with Gasteiger partial charge in [0.2, 0.25) is 0 Å². The summed E-state index contributed by atoms with van der Waals surface area (Å²) >= 11 is 1.76. The van der Waals surface area contributed by atoms with Gasteiger partial charge in [-0.15, -0.1) is 0 Å². The van der Waals surface area contributed by atoms with Crippen LogP contribution < -0.4 is 5.32 Å². The van der Waals surface area contributed by atoms with Crippen LogP contribution >= 0.6 is 11.8 Å². The number of hydrogen-bond donors (Lipinski definition) is 1. The van der Waals surface area contributed by atoms with Gasteiger partial charge in [-0.05, 0) is 37.4 Å². The highest BCUT2D eigenvalue weighted by atomic mass is 32.2. The minimum Gasteiger partial charge on any atom is -0.465 e. The molecule has 0 saturated heterocycles. The van der Waals surface area contributed by atoms with Crippen molar-refractivity contribution in [2.75, 3.05) is 6.26 Å². The van der Waals surface area contributed by atoms with Gasteiger partial charge in [-0.3, -0.25) is 0 Å². The van der Waals surface area contributed by atoms with Crippen LogP contribution in [0.25, 0.3) is 0 Å². The molecule has 1 N–H and O–H groups in total. The summed E-state index contributed by atoms with van der Waals surface area (Å²) in [7, 11) is 0. The van der Waals surface area contributed by atoms with Crippen molar-refractivity contribution in [3.63, 3.8) is 0 Å². The lowest BCUT2D eigenvalue weighted by Gasteiger charge is -1.99. The zero-order valence-corrected chi connectivity index (χ0v) is 11.0. The predicted octanol–water partition coefficient (Wildman–Crippen LogP) is 3.33. The molecule has 2 aromatic rings. The summed E-state index contributed by atoms with van der Waals surface area (Å²) in [5, 5.41) is 3.29. The fraction of sp³-hybridized carbons (Fsp3) is 0.385. The molecular weight excluding hydrogens is 234 g/mol. The van der Waals surface area contributed by atoms with E-state index in [1.165, 1.54) is 0 Å². The molecule has 0 atom stereocenters. The van der Waals surface area contributed by atoms with Crippen molar-refractivity contribution in [2.24, 2.45) is 0 Å². The summed E-state index contributed by atoms with van der Waals surface area (Å²) in [6.07, 6.45) is 2.07. The molecule has 92 valence electrons. The highest BCUT2D eigenvalue weighted by Crippen LogP contribution is 2.13. The van der Waals surface area contributed by atoms with Crippen LogP contribution in [0.1, 0.15) is 23.0 Å². The molecule has 0 bridgehead atoms. The Kier molecular flexibility index (Phi) is 4.34. The predicted molar refractivity (Wildman–Crippen MR) is 69.9 cm³/mol. The van der Waals surface area contributed by atoms with Crippen molar-refractivity contribution < 1.29 is 8.83 Å². The molecule has 0 spiro atoms. The Labute approximate surface area is 106 Å². The lowest BCUT2D eigenvalue weighted by Crippen LogP contribution is -2.11. The molecule has 0 aliphatic carbocycles. The third-order valence-corrected chi connectivity index (χ3v) is 2.97. The monoisotopic (exact) mass is 251 g/mol. The summed E-state index contributed by atoms with van der Waals surface area (Å²) in [5.74, 6) is 4.83. The van der Waals surface area contributed by atoms with Crippen molar-refractivity contribution in [1.82, 2.24) is 5.32 Å². The summed E-state index contributed by atoms with van der Waals surface area (Å²) < 4.78 is 11.1. The van der Waals surface area contributed by atoms with Gasteiger partial charge in [-0.2, -0.15) is 11.8 Å². The first-order chi connectivity index (χ1) is 8.28. The van der Waals surface area contributed by atoms with Crippen molar-refractivity contribution in [1.29, 1.82) is 0 Å². The molecule has 2 rings (SSSR count). The molecule has 0 amide bonds. The summed E-state index contributed by atoms with van der Waals surface area (Å²) in [4.78, 5) is 0. The minimum absolute atomic E-state index is 0.729. The van der Waals surface area contributed by atoms with E-state index in [0.29, 0.717) is 0 Å². The molecule has 17 heavy (non-hydrogen) atoms. The molecule has 0 aliphatic heterocycles. The second-order valence-corrected chi connectivity index (χ2v) is 4.78. The van der Waals surface area contributed by atoms with Gasteiger partial charge >= 0.3 is 0 Å². The molecule has 0 unspecified atom stereocenters. The first kappa shape index (κ1) is 12.3. The van der Waals surface area contributed by atoms with Gasteiger partial charge in [0.1, 0.15) is 23.0 Å². The number of furan rings is 2. The van der Waals surface area contributed by atoms with E-state index >= 15 is 0 Å². The first-order valence-corrected chi connectivity index (χ1v) is 7.00. The second-order valence-electron chi connectivity index (χ2n) is 3.92. The topological polar surface area (TPSA) is 38.3 Å². The van der Waals surface area contributed by atoms with Gasteiger partial charge in [-0.1, -0.05) is 0 Å². The third kappa shape index (κ3) is 3.68. The normalized spacial score (nSPS) is 10.9. The Balaban J connectivity index is 1.77. The Morgan fingerprint density at radius 2 is 1.65 bits per heavy atom. The van der Waals surface area contributed by atoms with Gasteiger partial charge in [0.25, 0.3) is 0 Å². The van der Waals surface area contributed by atoms with Crippen LogP contribution in [0, 0.1) is 6.92 Å². The average molecular weight is 251 g/mol. The van der Waals surface area contributed by atoms with E-state index in [9.17, 15) is 0 Å². The summed E-state index contributed by atoms with van der Waals surface area (Å²) in [5.41, 5.74) is 0. The molecule has 4 heteroatoms. The lowest BCUT2D eigenvalue weighted by atomic mass is 10.4. The molecular formula is C13H17NO2S. The maximum Gasteiger partial charge on any atom is 0.118 e. The number of hydrogen-bond acceptors (Lipinski definition) is 4. The van der Waals surface area contributed by atoms with E-state index < -0.39 is 0 Å². The average Bonchev–Trinajstić information content (AvgIpc) is 2.89. The molecule has 0 fully saturated rings. The SMILES string of the molecule is CSCc1ccc(CNCc2ccc(C)o2)o1. The van der Waals surface area contributed by atoms with Crippen LogP contribution in [-0.4, -0.2) is 6.26 Å². The second kappa shape index (κ2) is 5.98. The van der Waals surface area contributed by atoms with Crippen molar-refractivity contribution in [3.8, 4) is 0 Å². The van der Waals surface area contributed by atoms with E-state index in [2.05, 4.69) is 11.6 Å². The van der Waals surface area contributed by atoms with Gasteiger partial charge in [-0.25, -0.2) is 0 Å². The van der Waals surface area contributed by atoms with Crippen molar-refractivity contribution in [2.45, 2.75) is 25.8 Å². The Hall–Kier alpha value is -1.13. The Morgan fingerprint density at radius 3 is 2.29 bits per heavy atom. The van der Waals surface area contributed by atoms with E-state index in [4.69, 9.17) is 8.83 Å². The number of rotatable bonds is 6. The summed E-state index contributed by atoms with van der Waals surface area (Å²) in [6, 6.07) is 8.01. The molecule has 0 aromatic carbocycles. The molecule has 0 aliphatic rings. The van der Waals surface area contributed by atoms with E-state index in [-0.39, 0.29) is 0 Å². The first-order valence-electron chi connectivity index (χ1n) is 5.60. The lowest BCUT2D eigenvalue weighted by molar-refractivity contribution is 0.432. The zero-order chi connectivity index (χ0) is 12.1. The van der Waals surface area contributed by atoms with Crippen LogP contribution in [0.3, 0.4) is 0 Å². The van der Waals surface area contributed by atoms with Gasteiger partial charge in [0.05, 0.1) is 18.8 Å².